The Morgan fingerprint density at radius 2 is 1.94 bits per heavy atom. The number of pyridine rings is 1. The van der Waals surface area contributed by atoms with Crippen molar-refractivity contribution < 1.29 is 24.2 Å². The number of nitrogens with one attached hydrogen (secondary N) is 1. The summed E-state index contributed by atoms with van der Waals surface area (Å²) < 4.78 is 14.0. The number of hydrogen-bond donors (Lipinski definition) is 4. The molecule has 33 heavy (non-hydrogen) atoms. The molecule has 1 fully saturated rings. The molecule has 0 spiro atoms. The summed E-state index contributed by atoms with van der Waals surface area (Å²) in [6.07, 6.45) is 1.89. The van der Waals surface area contributed by atoms with E-state index in [2.05, 4.69) is 10.3 Å². The quantitative estimate of drug-likeness (QED) is 0.518. The number of hydrogen-bond acceptors (Lipinski definition) is 6. The highest BCUT2D eigenvalue weighted by Gasteiger charge is 2.43. The summed E-state index contributed by atoms with van der Waals surface area (Å²) in [5.41, 5.74) is 7.24. The van der Waals surface area contributed by atoms with Gasteiger partial charge in [0.2, 0.25) is 11.8 Å². The van der Waals surface area contributed by atoms with Crippen LogP contribution in [0.3, 0.4) is 0 Å². The summed E-state index contributed by atoms with van der Waals surface area (Å²) in [5.74, 6) is -1.33. The molecule has 8 nitrogen and oxygen atoms in total. The average Bonchev–Trinajstić information content (AvgIpc) is 3.18. The number of carbonyl (C=O) groups excluding carboxylic acids is 2. The number of carbonyl (C=O) groups is 2. The Morgan fingerprint density at radius 3 is 2.52 bits per heavy atom. The molecule has 9 heteroatoms. The zero-order chi connectivity index (χ0) is 24.3. The van der Waals surface area contributed by atoms with Gasteiger partial charge >= 0.3 is 0 Å². The van der Waals surface area contributed by atoms with Crippen LogP contribution in [0.4, 0.5) is 4.39 Å². The van der Waals surface area contributed by atoms with Gasteiger partial charge in [0.05, 0.1) is 31.0 Å². The molecule has 1 aliphatic heterocycles. The zero-order valence-electron chi connectivity index (χ0n) is 19.0. The second kappa shape index (κ2) is 9.94. The second-order valence-corrected chi connectivity index (χ2v) is 9.46. The third-order valence-corrected chi connectivity index (χ3v) is 5.96. The molecule has 0 unspecified atom stereocenters. The number of amides is 2. The fraction of sp³-hybridized carbons (Fsp3) is 0.458. The van der Waals surface area contributed by atoms with Crippen LogP contribution in [0.5, 0.6) is 0 Å². The number of aromatic nitrogens is 1. The molecule has 0 radical (unpaired) electrons. The van der Waals surface area contributed by atoms with Crippen molar-refractivity contribution in [1.29, 1.82) is 0 Å². The van der Waals surface area contributed by atoms with Crippen molar-refractivity contribution in [2.24, 2.45) is 11.1 Å². The minimum atomic E-state index is -0.889. The van der Waals surface area contributed by atoms with E-state index in [4.69, 9.17) is 5.73 Å². The van der Waals surface area contributed by atoms with Crippen LogP contribution in [0.25, 0.3) is 11.1 Å². The molecule has 178 valence electrons. The van der Waals surface area contributed by atoms with E-state index in [9.17, 15) is 24.2 Å². The molecular weight excluding hydrogens is 427 g/mol. The normalized spacial score (nSPS) is 20.4. The Balaban J connectivity index is 1.74. The summed E-state index contributed by atoms with van der Waals surface area (Å²) in [4.78, 5) is 31.0. The van der Waals surface area contributed by atoms with Crippen molar-refractivity contribution in [3.8, 4) is 11.1 Å². The maximum absolute atomic E-state index is 14.0. The highest BCUT2D eigenvalue weighted by molar-refractivity contribution is 5.91. The molecule has 5 N–H and O–H groups in total. The first kappa shape index (κ1) is 24.8. The van der Waals surface area contributed by atoms with Crippen LogP contribution in [0.1, 0.15) is 38.8 Å². The minimum Gasteiger partial charge on any atom is -0.394 e. The number of likely N-dealkylation sites (tertiary alicyclic amines) is 1. The van der Waals surface area contributed by atoms with Gasteiger partial charge in [0.25, 0.3) is 0 Å². The van der Waals surface area contributed by atoms with Crippen molar-refractivity contribution in [2.45, 2.75) is 51.4 Å². The second-order valence-electron chi connectivity index (χ2n) is 9.46. The number of nitrogens with zero attached hydrogens (tertiary/aromatic N) is 2. The van der Waals surface area contributed by atoms with Gasteiger partial charge in [0, 0.05) is 24.7 Å². The predicted octanol–water partition coefficient (Wildman–Crippen LogP) is 1.37. The molecule has 1 aliphatic rings. The number of aliphatic hydroxyl groups excluding tert-OH is 2. The summed E-state index contributed by atoms with van der Waals surface area (Å²) >= 11 is 0. The van der Waals surface area contributed by atoms with Crippen LogP contribution in [-0.4, -0.2) is 63.3 Å². The number of benzene rings is 1. The van der Waals surface area contributed by atoms with Crippen molar-refractivity contribution in [3.05, 3.63) is 54.1 Å². The first-order valence-electron chi connectivity index (χ1n) is 10.9. The Morgan fingerprint density at radius 1 is 1.27 bits per heavy atom. The van der Waals surface area contributed by atoms with Gasteiger partial charge in [-0.25, -0.2) is 4.39 Å². The Labute approximate surface area is 192 Å². The SMILES string of the molecule is CC(C)(C)[C@H](N)C(=O)N1C[C@H](O)C[C@H]1C(=O)N[C@@H](CO)c1ccc(-c2ccncc2F)cc1. The number of nitrogens with two attached hydrogens (primary N) is 1. The minimum absolute atomic E-state index is 0.0245. The van der Waals surface area contributed by atoms with Crippen molar-refractivity contribution in [1.82, 2.24) is 15.2 Å². The Hall–Kier alpha value is -2.88. The van der Waals surface area contributed by atoms with E-state index < -0.39 is 47.3 Å². The maximum atomic E-state index is 14.0. The summed E-state index contributed by atoms with van der Waals surface area (Å²) in [6.45, 7) is 5.15. The molecule has 1 aromatic carbocycles. The smallest absolute Gasteiger partial charge is 0.243 e. The van der Waals surface area contributed by atoms with Crippen LogP contribution < -0.4 is 11.1 Å². The topological polar surface area (TPSA) is 129 Å². The number of halogens is 1. The van der Waals surface area contributed by atoms with Crippen molar-refractivity contribution in [3.63, 3.8) is 0 Å². The van der Waals surface area contributed by atoms with Crippen LogP contribution in [0.15, 0.2) is 42.7 Å². The molecular formula is C24H31FN4O4. The van der Waals surface area contributed by atoms with Crippen LogP contribution >= 0.6 is 0 Å². The van der Waals surface area contributed by atoms with E-state index in [1.54, 1.807) is 30.3 Å². The molecule has 4 atom stereocenters. The highest BCUT2D eigenvalue weighted by Crippen LogP contribution is 2.27. The van der Waals surface area contributed by atoms with E-state index in [-0.39, 0.29) is 19.6 Å². The molecule has 2 aromatic rings. The van der Waals surface area contributed by atoms with Crippen molar-refractivity contribution >= 4 is 11.8 Å². The van der Waals surface area contributed by atoms with Gasteiger partial charge in [-0.1, -0.05) is 45.0 Å². The Kier molecular flexibility index (Phi) is 7.46. The fourth-order valence-corrected chi connectivity index (χ4v) is 3.86. The van der Waals surface area contributed by atoms with E-state index >= 15 is 0 Å². The van der Waals surface area contributed by atoms with Crippen molar-refractivity contribution in [2.75, 3.05) is 13.2 Å². The molecule has 2 amide bonds. The molecule has 2 heterocycles. The molecule has 3 rings (SSSR count). The van der Waals surface area contributed by atoms with E-state index in [1.165, 1.54) is 11.1 Å². The molecule has 1 aromatic heterocycles. The van der Waals surface area contributed by atoms with Crippen LogP contribution in [0.2, 0.25) is 0 Å². The lowest BCUT2D eigenvalue weighted by molar-refractivity contribution is -0.141. The predicted molar refractivity (Wildman–Crippen MR) is 121 cm³/mol. The highest BCUT2D eigenvalue weighted by atomic mass is 19.1. The fourth-order valence-electron chi connectivity index (χ4n) is 3.86. The van der Waals surface area contributed by atoms with Gasteiger partial charge in [-0.3, -0.25) is 14.6 Å². The molecule has 0 aliphatic carbocycles. The molecule has 0 bridgehead atoms. The van der Waals surface area contributed by atoms with Gasteiger partial charge in [-0.2, -0.15) is 0 Å². The number of aliphatic hydroxyl groups is 2. The van der Waals surface area contributed by atoms with Gasteiger partial charge in [0.1, 0.15) is 11.9 Å². The summed E-state index contributed by atoms with van der Waals surface area (Å²) in [5, 5.41) is 22.8. The summed E-state index contributed by atoms with van der Waals surface area (Å²) in [7, 11) is 0. The first-order chi connectivity index (χ1) is 15.5. The third-order valence-electron chi connectivity index (χ3n) is 5.96. The monoisotopic (exact) mass is 458 g/mol. The van der Waals surface area contributed by atoms with Gasteiger partial charge in [0.15, 0.2) is 0 Å². The third kappa shape index (κ3) is 5.55. The van der Waals surface area contributed by atoms with Gasteiger partial charge < -0.3 is 26.2 Å². The lowest BCUT2D eigenvalue weighted by Gasteiger charge is -2.33. The lowest BCUT2D eigenvalue weighted by Crippen LogP contribution is -2.55. The van der Waals surface area contributed by atoms with E-state index in [0.717, 1.165) is 6.20 Å². The standard InChI is InChI=1S/C24H31FN4O4/c1-24(2,3)21(26)23(33)29-12-16(31)10-20(29)22(32)28-19(13-30)15-6-4-14(5-7-15)17-8-9-27-11-18(17)25/h4-9,11,16,19-21,30-31H,10,12-13,26H2,1-3H3,(H,28,32)/t16-,19+,20+,21-/m1/s1. The average molecular weight is 459 g/mol. The molecule has 0 saturated carbocycles. The first-order valence-corrected chi connectivity index (χ1v) is 10.9. The molecule has 1 saturated heterocycles. The number of β-amino-alcohol motifs (C(OH)–C–C–N with tert-alkyl or cyclic N) is 1. The van der Waals surface area contributed by atoms with Crippen LogP contribution in [-0.2, 0) is 9.59 Å². The largest absolute Gasteiger partial charge is 0.394 e. The van der Waals surface area contributed by atoms with Gasteiger partial charge in [-0.05, 0) is 22.6 Å². The van der Waals surface area contributed by atoms with E-state index in [0.29, 0.717) is 16.7 Å². The van der Waals surface area contributed by atoms with Gasteiger partial charge in [-0.15, -0.1) is 0 Å². The summed E-state index contributed by atoms with van der Waals surface area (Å²) in [6, 6.07) is 5.89. The maximum Gasteiger partial charge on any atom is 0.243 e. The number of rotatable bonds is 6. The Bertz CT molecular complexity index is 993. The zero-order valence-corrected chi connectivity index (χ0v) is 19.0. The van der Waals surface area contributed by atoms with Crippen LogP contribution in [0, 0.1) is 11.2 Å². The van der Waals surface area contributed by atoms with E-state index in [1.807, 2.05) is 20.8 Å². The lowest BCUT2D eigenvalue weighted by atomic mass is 9.86.